The number of aryl methyl sites for hydroxylation is 1. The second-order valence-corrected chi connectivity index (χ2v) is 5.18. The van der Waals surface area contributed by atoms with Gasteiger partial charge in [0.15, 0.2) is 0 Å². The molecule has 0 amide bonds. The van der Waals surface area contributed by atoms with E-state index in [0.29, 0.717) is 0 Å². The van der Waals surface area contributed by atoms with Gasteiger partial charge in [0.25, 0.3) is 5.56 Å². The highest BCUT2D eigenvalue weighted by Gasteiger charge is 2.10. The zero-order valence-corrected chi connectivity index (χ0v) is 11.7. The van der Waals surface area contributed by atoms with Gasteiger partial charge in [0, 0.05) is 6.07 Å². The van der Waals surface area contributed by atoms with E-state index in [2.05, 4.69) is 5.10 Å². The molecular formula is C17H16N2O2. The van der Waals surface area contributed by atoms with Crippen LogP contribution >= 0.6 is 0 Å². The number of benzene rings is 2. The molecule has 0 aliphatic heterocycles. The van der Waals surface area contributed by atoms with Crippen LogP contribution in [0, 0.1) is 6.92 Å². The van der Waals surface area contributed by atoms with Gasteiger partial charge in [-0.05, 0) is 34.9 Å². The number of fused-ring (bicyclic) bond motifs is 1. The van der Waals surface area contributed by atoms with Crippen molar-refractivity contribution in [3.05, 3.63) is 76.2 Å². The summed E-state index contributed by atoms with van der Waals surface area (Å²) in [6.45, 7) is 1.97. The highest BCUT2D eigenvalue weighted by atomic mass is 16.3. The Labute approximate surface area is 122 Å². The Hall–Kier alpha value is -2.46. The van der Waals surface area contributed by atoms with Crippen molar-refractivity contribution in [1.29, 1.82) is 0 Å². The largest absolute Gasteiger partial charge is 0.386 e. The minimum absolute atomic E-state index is 0.150. The zero-order chi connectivity index (χ0) is 14.8. The van der Waals surface area contributed by atoms with Crippen LogP contribution in [-0.4, -0.2) is 14.9 Å². The lowest BCUT2D eigenvalue weighted by Crippen LogP contribution is -2.25. The summed E-state index contributed by atoms with van der Waals surface area (Å²) in [7, 11) is 0. The number of aromatic nitrogens is 2. The summed E-state index contributed by atoms with van der Waals surface area (Å²) in [5.41, 5.74) is 1.40. The van der Waals surface area contributed by atoms with Gasteiger partial charge in [-0.1, -0.05) is 36.4 Å². The molecular weight excluding hydrogens is 264 g/mol. The fourth-order valence-electron chi connectivity index (χ4n) is 2.35. The summed E-state index contributed by atoms with van der Waals surface area (Å²) in [5.74, 6) is 0. The smallest absolute Gasteiger partial charge is 0.267 e. The Bertz CT molecular complexity index is 839. The van der Waals surface area contributed by atoms with Gasteiger partial charge in [-0.25, -0.2) is 4.68 Å². The van der Waals surface area contributed by atoms with Crippen molar-refractivity contribution in [1.82, 2.24) is 9.78 Å². The number of hydrogen-bond donors (Lipinski definition) is 1. The van der Waals surface area contributed by atoms with Crippen molar-refractivity contribution in [2.75, 3.05) is 0 Å². The molecule has 1 N–H and O–H groups in total. The van der Waals surface area contributed by atoms with Gasteiger partial charge in [0.1, 0.15) is 0 Å². The molecule has 0 saturated carbocycles. The summed E-state index contributed by atoms with van der Waals surface area (Å²) in [6, 6.07) is 15.3. The minimum atomic E-state index is -0.762. The zero-order valence-electron chi connectivity index (χ0n) is 11.7. The fourth-order valence-corrected chi connectivity index (χ4v) is 2.35. The average Bonchev–Trinajstić information content (AvgIpc) is 2.49. The molecule has 1 heterocycles. The van der Waals surface area contributed by atoms with Crippen LogP contribution in [0.25, 0.3) is 10.8 Å². The molecule has 106 valence electrons. The molecule has 1 unspecified atom stereocenters. The molecule has 4 nitrogen and oxygen atoms in total. The molecule has 1 aromatic heterocycles. The molecule has 0 aliphatic carbocycles. The number of rotatable bonds is 3. The first-order valence-corrected chi connectivity index (χ1v) is 6.84. The van der Waals surface area contributed by atoms with Crippen LogP contribution in [-0.2, 0) is 6.54 Å². The standard InChI is InChI=1S/C17H16N2O2/c1-12-8-17(21)19(18-10-12)11-16(20)15-7-6-13-4-2-3-5-14(13)9-15/h2-10,16,20H,11H2,1H3. The van der Waals surface area contributed by atoms with E-state index in [1.807, 2.05) is 49.4 Å². The van der Waals surface area contributed by atoms with E-state index in [9.17, 15) is 9.90 Å². The Balaban J connectivity index is 1.89. The van der Waals surface area contributed by atoms with Gasteiger partial charge in [-0.2, -0.15) is 5.10 Å². The Morgan fingerprint density at radius 1 is 1.14 bits per heavy atom. The first-order valence-electron chi connectivity index (χ1n) is 6.84. The molecule has 0 bridgehead atoms. The lowest BCUT2D eigenvalue weighted by molar-refractivity contribution is 0.149. The lowest BCUT2D eigenvalue weighted by atomic mass is 10.0. The summed E-state index contributed by atoms with van der Waals surface area (Å²) in [5, 5.41) is 16.6. The quantitative estimate of drug-likeness (QED) is 0.801. The molecule has 0 fully saturated rings. The highest BCUT2D eigenvalue weighted by molar-refractivity contribution is 5.83. The van der Waals surface area contributed by atoms with Gasteiger partial charge in [0.05, 0.1) is 18.8 Å². The van der Waals surface area contributed by atoms with Crippen molar-refractivity contribution >= 4 is 10.8 Å². The molecule has 1 atom stereocenters. The molecule has 0 radical (unpaired) electrons. The number of aliphatic hydroxyl groups is 1. The molecule has 0 saturated heterocycles. The van der Waals surface area contributed by atoms with Crippen LogP contribution in [0.3, 0.4) is 0 Å². The second-order valence-electron chi connectivity index (χ2n) is 5.18. The van der Waals surface area contributed by atoms with E-state index in [4.69, 9.17) is 0 Å². The van der Waals surface area contributed by atoms with Crippen molar-refractivity contribution in [2.45, 2.75) is 19.6 Å². The first kappa shape index (κ1) is 13.5. The lowest BCUT2D eigenvalue weighted by Gasteiger charge is -2.13. The second kappa shape index (κ2) is 5.50. The third-order valence-corrected chi connectivity index (χ3v) is 3.51. The van der Waals surface area contributed by atoms with Crippen LogP contribution in [0.15, 0.2) is 59.5 Å². The van der Waals surface area contributed by atoms with E-state index in [1.54, 1.807) is 6.20 Å². The van der Waals surface area contributed by atoms with Crippen LogP contribution in [0.1, 0.15) is 17.2 Å². The van der Waals surface area contributed by atoms with Crippen molar-refractivity contribution in [3.63, 3.8) is 0 Å². The number of hydrogen-bond acceptors (Lipinski definition) is 3. The number of aliphatic hydroxyl groups excluding tert-OH is 1. The van der Waals surface area contributed by atoms with Crippen LogP contribution in [0.5, 0.6) is 0 Å². The van der Waals surface area contributed by atoms with E-state index in [-0.39, 0.29) is 12.1 Å². The topological polar surface area (TPSA) is 55.1 Å². The van der Waals surface area contributed by atoms with Gasteiger partial charge < -0.3 is 5.11 Å². The van der Waals surface area contributed by atoms with Crippen molar-refractivity contribution < 1.29 is 5.11 Å². The molecule has 2 aromatic carbocycles. The summed E-state index contributed by atoms with van der Waals surface area (Å²) in [4.78, 5) is 11.8. The maximum absolute atomic E-state index is 11.8. The summed E-state index contributed by atoms with van der Waals surface area (Å²) in [6.07, 6.45) is 0.858. The average molecular weight is 280 g/mol. The van der Waals surface area contributed by atoms with Gasteiger partial charge in [-0.3, -0.25) is 4.79 Å². The summed E-state index contributed by atoms with van der Waals surface area (Å²) >= 11 is 0. The van der Waals surface area contributed by atoms with E-state index < -0.39 is 6.10 Å². The van der Waals surface area contributed by atoms with E-state index >= 15 is 0 Å². The van der Waals surface area contributed by atoms with Crippen molar-refractivity contribution in [2.24, 2.45) is 0 Å². The number of nitrogens with zero attached hydrogens (tertiary/aromatic N) is 2. The Morgan fingerprint density at radius 2 is 1.90 bits per heavy atom. The molecule has 0 spiro atoms. The maximum atomic E-state index is 11.8. The molecule has 3 aromatic rings. The molecule has 4 heteroatoms. The van der Waals surface area contributed by atoms with Gasteiger partial charge in [-0.15, -0.1) is 0 Å². The van der Waals surface area contributed by atoms with Gasteiger partial charge in [0.2, 0.25) is 0 Å². The molecule has 21 heavy (non-hydrogen) atoms. The molecule has 3 rings (SSSR count). The first-order chi connectivity index (χ1) is 10.1. The third-order valence-electron chi connectivity index (χ3n) is 3.51. The normalized spacial score (nSPS) is 12.5. The van der Waals surface area contributed by atoms with E-state index in [0.717, 1.165) is 21.9 Å². The third kappa shape index (κ3) is 2.85. The van der Waals surface area contributed by atoms with Crippen LogP contribution in [0.4, 0.5) is 0 Å². The van der Waals surface area contributed by atoms with Crippen LogP contribution in [0.2, 0.25) is 0 Å². The fraction of sp³-hybridized carbons (Fsp3) is 0.176. The predicted octanol–water partition coefficient (Wildman–Crippen LogP) is 2.44. The maximum Gasteiger partial charge on any atom is 0.267 e. The SMILES string of the molecule is Cc1cnn(CC(O)c2ccc3ccccc3c2)c(=O)c1. The predicted molar refractivity (Wildman–Crippen MR) is 82.1 cm³/mol. The van der Waals surface area contributed by atoms with Crippen LogP contribution < -0.4 is 5.56 Å². The van der Waals surface area contributed by atoms with Crippen molar-refractivity contribution in [3.8, 4) is 0 Å². The monoisotopic (exact) mass is 280 g/mol. The highest BCUT2D eigenvalue weighted by Crippen LogP contribution is 2.21. The van der Waals surface area contributed by atoms with E-state index in [1.165, 1.54) is 10.7 Å². The summed E-state index contributed by atoms with van der Waals surface area (Å²) < 4.78 is 1.28. The Morgan fingerprint density at radius 3 is 2.67 bits per heavy atom. The van der Waals surface area contributed by atoms with Gasteiger partial charge >= 0.3 is 0 Å². The molecule has 0 aliphatic rings. The minimum Gasteiger partial charge on any atom is -0.386 e. The Kier molecular flexibility index (Phi) is 3.54.